The number of carboxylic acids is 1. The molecule has 0 fully saturated rings. The minimum Gasteiger partial charge on any atom is -0.480 e. The van der Waals surface area contributed by atoms with Crippen LogP contribution in [-0.4, -0.2) is 25.4 Å². The monoisotopic (exact) mass is 206 g/mol. The number of carboxylic acid groups (broad SMARTS) is 1. The molecule has 0 spiro atoms. The van der Waals surface area contributed by atoms with Crippen molar-refractivity contribution in [1.82, 2.24) is 14.4 Å². The maximum atomic E-state index is 10.8. The molecule has 0 amide bonds. The molecule has 2 aromatic heterocycles. The van der Waals surface area contributed by atoms with Crippen molar-refractivity contribution in [2.24, 2.45) is 5.73 Å². The molecule has 0 saturated carbocycles. The van der Waals surface area contributed by atoms with Gasteiger partial charge in [-0.05, 0) is 6.92 Å². The van der Waals surface area contributed by atoms with Gasteiger partial charge >= 0.3 is 5.97 Å². The van der Waals surface area contributed by atoms with E-state index >= 15 is 0 Å². The highest BCUT2D eigenvalue weighted by molar-refractivity contribution is 5.75. The van der Waals surface area contributed by atoms with E-state index in [1.54, 1.807) is 29.9 Å². The molecule has 6 heteroatoms. The van der Waals surface area contributed by atoms with Gasteiger partial charge in [-0.2, -0.15) is 0 Å². The quantitative estimate of drug-likeness (QED) is 0.728. The molecule has 0 aliphatic rings. The van der Waals surface area contributed by atoms with E-state index in [0.717, 1.165) is 0 Å². The van der Waals surface area contributed by atoms with Crippen molar-refractivity contribution in [1.29, 1.82) is 0 Å². The van der Waals surface area contributed by atoms with E-state index in [4.69, 9.17) is 10.8 Å². The molecule has 2 aromatic rings. The number of nitrogens with two attached hydrogens (primary N) is 1. The molecule has 2 heterocycles. The number of hydrogen-bond acceptors (Lipinski definition) is 4. The maximum Gasteiger partial charge on any atom is 0.326 e. The SMILES string of the molecule is Cc1nc2cnccn2c1C(N)C(=O)O. The molecule has 0 aliphatic heterocycles. The van der Waals surface area contributed by atoms with Gasteiger partial charge in [-0.1, -0.05) is 0 Å². The zero-order valence-corrected chi connectivity index (χ0v) is 8.08. The molecule has 0 aromatic carbocycles. The molecule has 3 N–H and O–H groups in total. The number of hydrogen-bond donors (Lipinski definition) is 2. The molecule has 0 radical (unpaired) electrons. The molecule has 1 unspecified atom stereocenters. The van der Waals surface area contributed by atoms with Crippen LogP contribution in [0, 0.1) is 6.92 Å². The number of fused-ring (bicyclic) bond motifs is 1. The molecule has 0 aliphatic carbocycles. The Balaban J connectivity index is 2.68. The van der Waals surface area contributed by atoms with Crippen LogP contribution < -0.4 is 5.73 Å². The number of rotatable bonds is 2. The van der Waals surface area contributed by atoms with Gasteiger partial charge in [0.25, 0.3) is 0 Å². The Morgan fingerprint density at radius 1 is 1.67 bits per heavy atom. The van der Waals surface area contributed by atoms with Crippen LogP contribution >= 0.6 is 0 Å². The summed E-state index contributed by atoms with van der Waals surface area (Å²) in [6.07, 6.45) is 4.77. The number of aliphatic carboxylic acids is 1. The van der Waals surface area contributed by atoms with Crippen molar-refractivity contribution < 1.29 is 9.90 Å². The van der Waals surface area contributed by atoms with Crippen LogP contribution in [0.1, 0.15) is 17.4 Å². The average Bonchev–Trinajstić information content (AvgIpc) is 2.52. The molecule has 2 rings (SSSR count). The lowest BCUT2D eigenvalue weighted by molar-refractivity contribution is -0.138. The second-order valence-corrected chi connectivity index (χ2v) is 3.20. The van der Waals surface area contributed by atoms with E-state index in [2.05, 4.69) is 9.97 Å². The van der Waals surface area contributed by atoms with Gasteiger partial charge in [0.15, 0.2) is 5.65 Å². The van der Waals surface area contributed by atoms with Crippen molar-refractivity contribution in [3.63, 3.8) is 0 Å². The molecule has 0 saturated heterocycles. The summed E-state index contributed by atoms with van der Waals surface area (Å²) in [6, 6.07) is -1.07. The van der Waals surface area contributed by atoms with Gasteiger partial charge in [-0.25, -0.2) is 4.98 Å². The Hall–Kier alpha value is -1.95. The van der Waals surface area contributed by atoms with Crippen LogP contribution in [0.4, 0.5) is 0 Å². The minimum atomic E-state index is -1.07. The van der Waals surface area contributed by atoms with Crippen molar-refractivity contribution in [3.05, 3.63) is 30.0 Å². The largest absolute Gasteiger partial charge is 0.480 e. The zero-order chi connectivity index (χ0) is 11.0. The topological polar surface area (TPSA) is 93.5 Å². The van der Waals surface area contributed by atoms with Gasteiger partial charge in [0.05, 0.1) is 17.6 Å². The summed E-state index contributed by atoms with van der Waals surface area (Å²) in [5.41, 5.74) is 7.26. The van der Waals surface area contributed by atoms with Gasteiger partial charge in [-0.3, -0.25) is 14.2 Å². The minimum absolute atomic E-state index is 0.486. The first kappa shape index (κ1) is 9.60. The summed E-state index contributed by atoms with van der Waals surface area (Å²) in [5, 5.41) is 8.86. The first-order valence-corrected chi connectivity index (χ1v) is 4.38. The number of nitrogens with zero attached hydrogens (tertiary/aromatic N) is 3. The number of aryl methyl sites for hydroxylation is 1. The van der Waals surface area contributed by atoms with Crippen molar-refractivity contribution in [2.75, 3.05) is 0 Å². The van der Waals surface area contributed by atoms with Crippen LogP contribution in [-0.2, 0) is 4.79 Å². The zero-order valence-electron chi connectivity index (χ0n) is 8.08. The second kappa shape index (κ2) is 3.32. The highest BCUT2D eigenvalue weighted by Crippen LogP contribution is 2.17. The summed E-state index contributed by atoms with van der Waals surface area (Å²) in [5.74, 6) is -1.07. The molecule has 0 bridgehead atoms. The molecule has 1 atom stereocenters. The summed E-state index contributed by atoms with van der Waals surface area (Å²) in [7, 11) is 0. The van der Waals surface area contributed by atoms with Crippen molar-refractivity contribution >= 4 is 11.6 Å². The standard InChI is InChI=1S/C9H10N4O2/c1-5-8(7(10)9(14)15)13-3-2-11-4-6(13)12-5/h2-4,7H,10H2,1H3,(H,14,15). The summed E-state index contributed by atoms with van der Waals surface area (Å²) in [4.78, 5) is 18.9. The number of aromatic nitrogens is 3. The lowest BCUT2D eigenvalue weighted by Crippen LogP contribution is -2.23. The lowest BCUT2D eigenvalue weighted by Gasteiger charge is -2.06. The average molecular weight is 206 g/mol. The molecular formula is C9H10N4O2. The fourth-order valence-corrected chi connectivity index (χ4v) is 1.54. The summed E-state index contributed by atoms with van der Waals surface area (Å²) in [6.45, 7) is 1.73. The highest BCUT2D eigenvalue weighted by atomic mass is 16.4. The van der Waals surface area contributed by atoms with E-state index < -0.39 is 12.0 Å². The maximum absolute atomic E-state index is 10.8. The molecule has 78 valence electrons. The smallest absolute Gasteiger partial charge is 0.326 e. The predicted octanol–water partition coefficient (Wildman–Crippen LogP) is 0.122. The Morgan fingerprint density at radius 2 is 2.40 bits per heavy atom. The van der Waals surface area contributed by atoms with Crippen molar-refractivity contribution in [3.8, 4) is 0 Å². The normalized spacial score (nSPS) is 12.9. The summed E-state index contributed by atoms with van der Waals surface area (Å²) >= 11 is 0. The second-order valence-electron chi connectivity index (χ2n) is 3.20. The van der Waals surface area contributed by atoms with Gasteiger partial charge < -0.3 is 10.8 Å². The van der Waals surface area contributed by atoms with Crippen LogP contribution in [0.25, 0.3) is 5.65 Å². The van der Waals surface area contributed by atoms with E-state index in [1.165, 1.54) is 0 Å². The third-order valence-corrected chi connectivity index (χ3v) is 2.21. The Kier molecular flexibility index (Phi) is 2.12. The van der Waals surface area contributed by atoms with Crippen LogP contribution in [0.2, 0.25) is 0 Å². The molecule has 6 nitrogen and oxygen atoms in total. The number of carbonyl (C=O) groups is 1. The summed E-state index contributed by atoms with van der Waals surface area (Å²) < 4.78 is 1.64. The third kappa shape index (κ3) is 1.44. The molecular weight excluding hydrogens is 196 g/mol. The lowest BCUT2D eigenvalue weighted by atomic mass is 10.2. The van der Waals surface area contributed by atoms with E-state index in [-0.39, 0.29) is 0 Å². The van der Waals surface area contributed by atoms with Crippen LogP contribution in [0.5, 0.6) is 0 Å². The van der Waals surface area contributed by atoms with Gasteiger partial charge in [-0.15, -0.1) is 0 Å². The predicted molar refractivity (Wildman–Crippen MR) is 52.3 cm³/mol. The van der Waals surface area contributed by atoms with Gasteiger partial charge in [0, 0.05) is 12.4 Å². The van der Waals surface area contributed by atoms with E-state index in [0.29, 0.717) is 17.0 Å². The fraction of sp³-hybridized carbons (Fsp3) is 0.222. The Morgan fingerprint density at radius 3 is 3.07 bits per heavy atom. The molecule has 15 heavy (non-hydrogen) atoms. The number of imidazole rings is 1. The van der Waals surface area contributed by atoms with Gasteiger partial charge in [0.2, 0.25) is 0 Å². The van der Waals surface area contributed by atoms with Crippen molar-refractivity contribution in [2.45, 2.75) is 13.0 Å². The Bertz CT molecular complexity index is 520. The van der Waals surface area contributed by atoms with Gasteiger partial charge in [0.1, 0.15) is 6.04 Å². The first-order chi connectivity index (χ1) is 7.11. The highest BCUT2D eigenvalue weighted by Gasteiger charge is 2.21. The first-order valence-electron chi connectivity index (χ1n) is 4.38. The third-order valence-electron chi connectivity index (χ3n) is 2.21. The van der Waals surface area contributed by atoms with Crippen LogP contribution in [0.3, 0.4) is 0 Å². The van der Waals surface area contributed by atoms with E-state index in [9.17, 15) is 4.79 Å². The Labute approximate surface area is 85.4 Å². The van der Waals surface area contributed by atoms with E-state index in [1.807, 2.05) is 0 Å². The fourth-order valence-electron chi connectivity index (χ4n) is 1.54. The van der Waals surface area contributed by atoms with Crippen LogP contribution in [0.15, 0.2) is 18.6 Å².